The molecule has 0 aromatic heterocycles. The Bertz CT molecular complexity index is 604. The molecule has 2 saturated carbocycles. The number of rotatable bonds is 5. The van der Waals surface area contributed by atoms with Crippen LogP contribution in [0, 0.1) is 5.92 Å². The summed E-state index contributed by atoms with van der Waals surface area (Å²) in [6.45, 7) is 4.05. The lowest BCUT2D eigenvalue weighted by Crippen LogP contribution is -2.45. The fourth-order valence-electron chi connectivity index (χ4n) is 4.06. The van der Waals surface area contributed by atoms with Gasteiger partial charge in [-0.15, -0.1) is 24.0 Å². The predicted molar refractivity (Wildman–Crippen MR) is 111 cm³/mol. The van der Waals surface area contributed by atoms with E-state index in [4.69, 9.17) is 4.99 Å². The van der Waals surface area contributed by atoms with Crippen LogP contribution in [0.3, 0.4) is 0 Å². The molecule has 6 nitrogen and oxygen atoms in total. The summed E-state index contributed by atoms with van der Waals surface area (Å²) in [5.41, 5.74) is 0. The van der Waals surface area contributed by atoms with Gasteiger partial charge in [-0.25, -0.2) is 8.42 Å². The van der Waals surface area contributed by atoms with Crippen molar-refractivity contribution in [3.63, 3.8) is 0 Å². The lowest BCUT2D eigenvalue weighted by molar-refractivity contribution is 0.256. The van der Waals surface area contributed by atoms with Crippen LogP contribution in [0.25, 0.3) is 0 Å². The average molecular weight is 482 g/mol. The van der Waals surface area contributed by atoms with Gasteiger partial charge in [0, 0.05) is 37.3 Å². The molecule has 2 aliphatic carbocycles. The first kappa shape index (κ1) is 19.7. The number of guanidine groups is 1. The third kappa shape index (κ3) is 5.45. The number of nitrogens with one attached hydrogen (secondary N) is 2. The third-order valence-corrected chi connectivity index (χ3v) is 7.57. The molecular formula is C17H31IN4O2S. The zero-order valence-electron chi connectivity index (χ0n) is 15.0. The van der Waals surface area contributed by atoms with Crippen molar-refractivity contribution >= 4 is 39.8 Å². The maximum atomic E-state index is 11.6. The number of likely N-dealkylation sites (tertiary alicyclic amines) is 1. The number of nitrogens with zero attached hydrogens (tertiary/aromatic N) is 2. The smallest absolute Gasteiger partial charge is 0.191 e. The Hall–Kier alpha value is -0.0900. The summed E-state index contributed by atoms with van der Waals surface area (Å²) in [5.74, 6) is 1.74. The van der Waals surface area contributed by atoms with Crippen LogP contribution in [-0.2, 0) is 9.84 Å². The van der Waals surface area contributed by atoms with Gasteiger partial charge in [0.2, 0.25) is 0 Å². The fraction of sp³-hybridized carbons (Fsp3) is 0.941. The first-order valence-electron chi connectivity index (χ1n) is 9.52. The first-order valence-corrected chi connectivity index (χ1v) is 11.3. The second-order valence-corrected chi connectivity index (χ2v) is 10.5. The molecule has 144 valence electrons. The quantitative estimate of drug-likeness (QED) is 0.352. The van der Waals surface area contributed by atoms with Crippen LogP contribution in [0.15, 0.2) is 4.99 Å². The molecule has 4 aliphatic rings. The van der Waals surface area contributed by atoms with Crippen molar-refractivity contribution in [3.05, 3.63) is 0 Å². The zero-order chi connectivity index (χ0) is 16.7. The highest BCUT2D eigenvalue weighted by Gasteiger charge is 2.39. The molecule has 8 heteroatoms. The van der Waals surface area contributed by atoms with Crippen molar-refractivity contribution in [1.29, 1.82) is 0 Å². The van der Waals surface area contributed by atoms with Crippen LogP contribution in [0.4, 0.5) is 0 Å². The summed E-state index contributed by atoms with van der Waals surface area (Å²) < 4.78 is 23.2. The molecule has 0 spiro atoms. The van der Waals surface area contributed by atoms with Crippen LogP contribution in [0.2, 0.25) is 0 Å². The lowest BCUT2D eigenvalue weighted by atomic mass is 10.1. The Kier molecular flexibility index (Phi) is 6.20. The largest absolute Gasteiger partial charge is 0.354 e. The highest BCUT2D eigenvalue weighted by atomic mass is 127. The van der Waals surface area contributed by atoms with Crippen LogP contribution >= 0.6 is 24.0 Å². The Balaban J connectivity index is 0.00000182. The van der Waals surface area contributed by atoms with E-state index >= 15 is 0 Å². The van der Waals surface area contributed by atoms with Crippen molar-refractivity contribution in [2.75, 3.05) is 24.6 Å². The molecule has 3 unspecified atom stereocenters. The van der Waals surface area contributed by atoms with E-state index in [1.807, 2.05) is 0 Å². The van der Waals surface area contributed by atoms with Crippen LogP contribution in [-0.4, -0.2) is 68.0 Å². The van der Waals surface area contributed by atoms with E-state index in [1.54, 1.807) is 0 Å². The lowest BCUT2D eigenvalue weighted by Gasteiger charge is -2.20. The highest BCUT2D eigenvalue weighted by molar-refractivity contribution is 14.0. The molecule has 0 amide bonds. The van der Waals surface area contributed by atoms with Gasteiger partial charge in [-0.1, -0.05) is 0 Å². The van der Waals surface area contributed by atoms with E-state index in [2.05, 4.69) is 22.5 Å². The minimum absolute atomic E-state index is 0. The number of halogens is 1. The van der Waals surface area contributed by atoms with Crippen molar-refractivity contribution < 1.29 is 8.42 Å². The second-order valence-electron chi connectivity index (χ2n) is 8.23. The number of sulfone groups is 1. The Morgan fingerprint density at radius 3 is 2.44 bits per heavy atom. The molecule has 0 bridgehead atoms. The number of aliphatic imine (C=N–C) groups is 1. The van der Waals surface area contributed by atoms with Gasteiger partial charge in [-0.2, -0.15) is 0 Å². The van der Waals surface area contributed by atoms with Gasteiger partial charge >= 0.3 is 0 Å². The molecule has 25 heavy (non-hydrogen) atoms. The Morgan fingerprint density at radius 1 is 1.12 bits per heavy atom. The minimum Gasteiger partial charge on any atom is -0.354 e. The molecule has 4 rings (SSSR count). The molecule has 0 radical (unpaired) electrons. The fourth-order valence-corrected chi connectivity index (χ4v) is 5.91. The molecule has 4 fully saturated rings. The maximum absolute atomic E-state index is 11.6. The van der Waals surface area contributed by atoms with E-state index in [1.165, 1.54) is 32.1 Å². The van der Waals surface area contributed by atoms with E-state index in [0.717, 1.165) is 25.0 Å². The van der Waals surface area contributed by atoms with Gasteiger partial charge in [0.25, 0.3) is 0 Å². The van der Waals surface area contributed by atoms with E-state index in [0.29, 0.717) is 36.2 Å². The van der Waals surface area contributed by atoms with Crippen LogP contribution in [0.5, 0.6) is 0 Å². The molecule has 2 saturated heterocycles. The number of hydrogen-bond donors (Lipinski definition) is 2. The Morgan fingerprint density at radius 2 is 1.84 bits per heavy atom. The van der Waals surface area contributed by atoms with Crippen LogP contribution in [0.1, 0.15) is 45.4 Å². The van der Waals surface area contributed by atoms with E-state index in [9.17, 15) is 8.42 Å². The van der Waals surface area contributed by atoms with Crippen molar-refractivity contribution in [2.45, 2.75) is 69.6 Å². The van der Waals surface area contributed by atoms with Crippen molar-refractivity contribution in [1.82, 2.24) is 15.5 Å². The Labute approximate surface area is 168 Å². The summed E-state index contributed by atoms with van der Waals surface area (Å²) in [4.78, 5) is 7.37. The normalized spacial score (nSPS) is 35.4. The molecule has 2 heterocycles. The number of hydrogen-bond acceptors (Lipinski definition) is 4. The van der Waals surface area contributed by atoms with E-state index < -0.39 is 9.84 Å². The third-order valence-electron chi connectivity index (χ3n) is 5.73. The molecule has 2 N–H and O–H groups in total. The topological polar surface area (TPSA) is 73.8 Å². The van der Waals surface area contributed by atoms with Crippen molar-refractivity contribution in [3.8, 4) is 0 Å². The summed E-state index contributed by atoms with van der Waals surface area (Å²) in [6.07, 6.45) is 7.07. The van der Waals surface area contributed by atoms with Gasteiger partial charge in [0.1, 0.15) is 0 Å². The minimum atomic E-state index is -2.81. The molecular weight excluding hydrogens is 451 g/mol. The molecule has 3 atom stereocenters. The predicted octanol–water partition coefficient (Wildman–Crippen LogP) is 1.36. The summed E-state index contributed by atoms with van der Waals surface area (Å²) in [5, 5.41) is 7.13. The first-order chi connectivity index (χ1) is 11.5. The molecule has 0 aromatic rings. The van der Waals surface area contributed by atoms with Crippen LogP contribution < -0.4 is 10.6 Å². The van der Waals surface area contributed by atoms with Gasteiger partial charge in [0.05, 0.1) is 11.5 Å². The summed E-state index contributed by atoms with van der Waals surface area (Å²) in [7, 11) is -2.81. The second kappa shape index (κ2) is 7.88. The molecule has 2 aliphatic heterocycles. The monoisotopic (exact) mass is 482 g/mol. The zero-order valence-corrected chi connectivity index (χ0v) is 18.1. The SMILES string of the molecule is CC1CC(NC(=NCC2CCS(=O)(=O)C2)NC2CC2)CN1C1CC1.I. The summed E-state index contributed by atoms with van der Waals surface area (Å²) in [6, 6.07) is 2.48. The van der Waals surface area contributed by atoms with Gasteiger partial charge < -0.3 is 10.6 Å². The maximum Gasteiger partial charge on any atom is 0.191 e. The van der Waals surface area contributed by atoms with Gasteiger partial charge in [-0.05, 0) is 51.4 Å². The van der Waals surface area contributed by atoms with Gasteiger partial charge in [-0.3, -0.25) is 9.89 Å². The standard InChI is InChI=1S/C17H30N4O2S.HI/c1-12-8-15(10-21(12)16-4-5-16)20-17(19-14-2-3-14)18-9-13-6-7-24(22,23)11-13;/h12-16H,2-11H2,1H3,(H2,18,19,20);1H. The highest BCUT2D eigenvalue weighted by Crippen LogP contribution is 2.33. The van der Waals surface area contributed by atoms with Crippen molar-refractivity contribution in [2.24, 2.45) is 10.9 Å². The summed E-state index contributed by atoms with van der Waals surface area (Å²) >= 11 is 0. The van der Waals surface area contributed by atoms with Gasteiger partial charge in [0.15, 0.2) is 15.8 Å². The van der Waals surface area contributed by atoms with E-state index in [-0.39, 0.29) is 29.9 Å². The average Bonchev–Trinajstić information content (AvgIpc) is 3.43. The molecule has 0 aromatic carbocycles.